The van der Waals surface area contributed by atoms with E-state index in [0.29, 0.717) is 28.3 Å². The molecule has 0 aliphatic heterocycles. The van der Waals surface area contributed by atoms with Crippen LogP contribution in [0.1, 0.15) is 29.1 Å². The van der Waals surface area contributed by atoms with E-state index < -0.39 is 0 Å². The zero-order valence-electron chi connectivity index (χ0n) is 13.7. The van der Waals surface area contributed by atoms with Gasteiger partial charge in [0.15, 0.2) is 10.6 Å². The van der Waals surface area contributed by atoms with Crippen LogP contribution in [0.4, 0.5) is 5.13 Å². The minimum Gasteiger partial charge on any atom is -0.508 e. The number of benzene rings is 1. The fraction of sp³-hybridized carbons (Fsp3) is 0.294. The highest BCUT2D eigenvalue weighted by Crippen LogP contribution is 2.25. The Morgan fingerprint density at radius 1 is 1.30 bits per heavy atom. The first kappa shape index (κ1) is 17.0. The summed E-state index contributed by atoms with van der Waals surface area (Å²) in [6.07, 6.45) is 0. The molecule has 3 aromatic rings. The van der Waals surface area contributed by atoms with Gasteiger partial charge in [-0.25, -0.2) is 4.98 Å². The second kappa shape index (κ2) is 7.28. The minimum absolute atomic E-state index is 0. The third-order valence-corrected chi connectivity index (χ3v) is 3.78. The average molecular weight is 333 g/mol. The van der Waals surface area contributed by atoms with Crippen LogP contribution < -0.4 is 10.7 Å². The van der Waals surface area contributed by atoms with Gasteiger partial charge in [-0.1, -0.05) is 13.8 Å². The van der Waals surface area contributed by atoms with E-state index in [2.05, 4.69) is 15.3 Å². The molecule has 6 heteroatoms. The number of anilines is 1. The fourth-order valence-corrected chi connectivity index (χ4v) is 2.95. The number of nitrogens with zero attached hydrogens (tertiary/aromatic N) is 1. The number of aromatic nitrogens is 2. The van der Waals surface area contributed by atoms with Gasteiger partial charge < -0.3 is 15.4 Å². The molecule has 124 valence electrons. The Morgan fingerprint density at radius 2 is 2.04 bits per heavy atom. The molecule has 0 saturated heterocycles. The van der Waals surface area contributed by atoms with Crippen LogP contribution in [0.25, 0.3) is 22.3 Å². The first-order valence-electron chi connectivity index (χ1n) is 7.61. The maximum atomic E-state index is 12.1. The summed E-state index contributed by atoms with van der Waals surface area (Å²) < 4.78 is 0. The number of rotatable bonds is 3. The van der Waals surface area contributed by atoms with Crippen molar-refractivity contribution < 1.29 is 6.53 Å². The Bertz CT molecular complexity index is 858. The van der Waals surface area contributed by atoms with E-state index >= 15 is 0 Å². The summed E-state index contributed by atoms with van der Waals surface area (Å²) in [4.78, 5) is 19.7. The lowest BCUT2D eigenvalue weighted by Crippen LogP contribution is -2.09. The lowest BCUT2D eigenvalue weighted by atomic mass is 10.1. The molecular weight excluding hydrogens is 310 g/mol. The van der Waals surface area contributed by atoms with Crippen LogP contribution in [0.5, 0.6) is 5.75 Å². The topological polar surface area (TPSA) is 78.0 Å². The number of pyridine rings is 1. The van der Waals surface area contributed by atoms with Crippen molar-refractivity contribution in [3.8, 4) is 17.1 Å². The number of thiazole rings is 1. The lowest BCUT2D eigenvalue weighted by Gasteiger charge is -2.05. The maximum absolute atomic E-state index is 12.1. The zero-order chi connectivity index (χ0) is 17.0. The van der Waals surface area contributed by atoms with Crippen LogP contribution in [0.15, 0.2) is 34.4 Å². The van der Waals surface area contributed by atoms with Gasteiger partial charge in [0.2, 0.25) is 0 Å². The smallest absolute Gasteiger partial charge is 0.190 e. The molecule has 0 saturated carbocycles. The molecule has 0 atom stereocenters. The highest BCUT2D eigenvalue weighted by atomic mass is 32.1. The Kier molecular flexibility index (Phi) is 5.39. The largest absolute Gasteiger partial charge is 0.508 e. The molecule has 0 aliphatic carbocycles. The highest BCUT2D eigenvalue weighted by Gasteiger charge is 2.09. The van der Waals surface area contributed by atoms with Crippen molar-refractivity contribution in [1.82, 2.24) is 9.97 Å². The van der Waals surface area contributed by atoms with E-state index in [-0.39, 0.29) is 12.6 Å². The van der Waals surface area contributed by atoms with Gasteiger partial charge in [0, 0.05) is 30.4 Å². The maximum Gasteiger partial charge on any atom is 0.190 e. The highest BCUT2D eigenvalue weighted by molar-refractivity contribution is 7.14. The van der Waals surface area contributed by atoms with Crippen LogP contribution in [0.3, 0.4) is 0 Å². The predicted octanol–water partition coefficient (Wildman–Crippen LogP) is 4.45. The monoisotopic (exact) mass is 333 g/mol. The summed E-state index contributed by atoms with van der Waals surface area (Å²) in [6.45, 7) is 8.09. The number of phenolic OH excluding ortho intramolecular Hbond substituents is 1. The number of aromatic hydroxyl groups is 1. The van der Waals surface area contributed by atoms with Crippen molar-refractivity contribution in [3.05, 3.63) is 39.9 Å². The number of phenols is 1. The van der Waals surface area contributed by atoms with Crippen molar-refractivity contribution in [2.45, 2.75) is 33.7 Å². The van der Waals surface area contributed by atoms with Crippen molar-refractivity contribution in [1.29, 1.82) is 0 Å². The minimum atomic E-state index is -0.0925. The molecule has 1 aromatic carbocycles. The van der Waals surface area contributed by atoms with Crippen molar-refractivity contribution in [2.75, 3.05) is 5.32 Å². The molecule has 2 heterocycles. The molecule has 5 nitrogen and oxygen atoms in total. The van der Waals surface area contributed by atoms with E-state index in [4.69, 9.17) is 0 Å². The normalized spacial score (nSPS) is 10.5. The quantitative estimate of drug-likeness (QED) is 0.662. The van der Waals surface area contributed by atoms with E-state index in [1.807, 2.05) is 33.1 Å². The zero-order valence-corrected chi connectivity index (χ0v) is 14.5. The molecule has 0 unspecified atom stereocenters. The van der Waals surface area contributed by atoms with E-state index in [1.165, 1.54) is 23.5 Å². The van der Waals surface area contributed by atoms with Gasteiger partial charge in [0.25, 0.3) is 0 Å². The van der Waals surface area contributed by atoms with Crippen molar-refractivity contribution in [3.63, 3.8) is 0 Å². The molecule has 3 rings (SSSR count). The van der Waals surface area contributed by atoms with Crippen LogP contribution in [0.2, 0.25) is 0 Å². The summed E-state index contributed by atoms with van der Waals surface area (Å²) in [5, 5.41) is 16.0. The second-order valence-corrected chi connectivity index (χ2v) is 5.97. The summed E-state index contributed by atoms with van der Waals surface area (Å²) in [5.41, 5.74) is 1.87. The summed E-state index contributed by atoms with van der Waals surface area (Å²) in [6, 6.07) is 6.50. The van der Waals surface area contributed by atoms with Gasteiger partial charge in [-0.2, -0.15) is 0 Å². The summed E-state index contributed by atoms with van der Waals surface area (Å²) in [7, 11) is 0. The van der Waals surface area contributed by atoms with Gasteiger partial charge in [-0.05, 0) is 26.0 Å². The number of fused-ring (bicyclic) bond motifs is 1. The van der Waals surface area contributed by atoms with Crippen LogP contribution >= 0.6 is 11.3 Å². The molecule has 2 aromatic heterocycles. The molecular formula is C17H23N3O2S. The van der Waals surface area contributed by atoms with Crippen LogP contribution in [-0.2, 0) is 0 Å². The Morgan fingerprint density at radius 3 is 2.74 bits per heavy atom. The molecule has 0 fully saturated rings. The molecule has 0 amide bonds. The number of hydrogen-bond acceptors (Lipinski definition) is 5. The van der Waals surface area contributed by atoms with Crippen LogP contribution in [-0.4, -0.2) is 21.1 Å². The van der Waals surface area contributed by atoms with Crippen molar-refractivity contribution >= 4 is 27.4 Å². The third-order valence-electron chi connectivity index (χ3n) is 3.01. The lowest BCUT2D eigenvalue weighted by molar-refractivity contribution is 0.476. The van der Waals surface area contributed by atoms with Gasteiger partial charge in [0.1, 0.15) is 5.75 Å². The molecule has 0 spiro atoms. The van der Waals surface area contributed by atoms with E-state index in [9.17, 15) is 9.90 Å². The van der Waals surface area contributed by atoms with Crippen molar-refractivity contribution in [2.24, 2.45) is 0 Å². The van der Waals surface area contributed by atoms with Crippen LogP contribution in [0, 0.1) is 0 Å². The molecule has 3 N–H and O–H groups in total. The van der Waals surface area contributed by atoms with Gasteiger partial charge >= 0.3 is 0 Å². The predicted molar refractivity (Wildman–Crippen MR) is 99.6 cm³/mol. The van der Waals surface area contributed by atoms with Gasteiger partial charge in [0.05, 0.1) is 16.9 Å². The second-order valence-electron chi connectivity index (χ2n) is 5.11. The van der Waals surface area contributed by atoms with E-state index in [0.717, 1.165) is 5.13 Å². The van der Waals surface area contributed by atoms with E-state index in [1.54, 1.807) is 12.1 Å². The number of H-pyrrole nitrogens is 1. The average Bonchev–Trinajstić information content (AvgIpc) is 2.96. The summed E-state index contributed by atoms with van der Waals surface area (Å²) in [5.74, 6) is 0.121. The number of hydrogen-bond donors (Lipinski definition) is 3. The SMILES string of the molecule is CC.CC(C)Nc1nc(-c2cc(=O)c3ccc(O)cc3[nH]2)cs1.[HH]. The third kappa shape index (κ3) is 3.90. The van der Waals surface area contributed by atoms with Gasteiger partial charge in [-0.15, -0.1) is 11.3 Å². The first-order valence-corrected chi connectivity index (χ1v) is 8.49. The number of nitrogens with one attached hydrogen (secondary N) is 2. The number of aromatic amines is 1. The standard InChI is InChI=1S/C15H15N3O2S.C2H6.H2/c1-8(2)16-15-18-13(7-21-15)12-6-14(20)10-4-3-9(19)5-11(10)17-12;1-2;/h3-8,19H,1-2H3,(H,16,18)(H,17,20);1-2H3;1H. The first-order chi connectivity index (χ1) is 11.0. The summed E-state index contributed by atoms with van der Waals surface area (Å²) >= 11 is 1.49. The molecule has 0 aliphatic rings. The molecule has 0 radical (unpaired) electrons. The fourth-order valence-electron chi connectivity index (χ4n) is 2.09. The Hall–Kier alpha value is -2.34. The molecule has 23 heavy (non-hydrogen) atoms. The Labute approximate surface area is 140 Å². The molecule has 0 bridgehead atoms. The van der Waals surface area contributed by atoms with Gasteiger partial charge in [-0.3, -0.25) is 4.79 Å². The Balaban J connectivity index is 0.000000925.